The van der Waals surface area contributed by atoms with Gasteiger partial charge in [-0.05, 0) is 0 Å². The van der Waals surface area contributed by atoms with Crippen LogP contribution in [0, 0.1) is 0 Å². The monoisotopic (exact) mass is 428 g/mol. The van der Waals surface area contributed by atoms with E-state index >= 15 is 0 Å². The van der Waals surface area contributed by atoms with E-state index < -0.39 is 33.5 Å². The fourth-order valence-corrected chi connectivity index (χ4v) is 4.20. The molecule has 1 unspecified atom stereocenters. The Bertz CT molecular complexity index is 818. The molecule has 0 aliphatic carbocycles. The number of carbonyl (C=O) groups is 2. The van der Waals surface area contributed by atoms with Gasteiger partial charge in [0.25, 0.3) is 0 Å². The van der Waals surface area contributed by atoms with Gasteiger partial charge in [0.05, 0.1) is 0 Å². The zero-order chi connectivity index (χ0) is 19.3. The summed E-state index contributed by atoms with van der Waals surface area (Å²) in [6.07, 6.45) is -4.20. The average molecular weight is 428 g/mol. The van der Waals surface area contributed by atoms with Gasteiger partial charge in [0.2, 0.25) is 0 Å². The predicted molar refractivity (Wildman–Crippen MR) is 91.3 cm³/mol. The molecule has 0 aliphatic heterocycles. The Morgan fingerprint density at radius 1 is 1.15 bits per heavy atom. The molecular formula is C18H16AsF3O4. The Balaban J connectivity index is 2.22. The van der Waals surface area contributed by atoms with Gasteiger partial charge in [0.15, 0.2) is 0 Å². The molecule has 138 valence electrons. The van der Waals surface area contributed by atoms with Crippen molar-refractivity contribution >= 4 is 30.6 Å². The average Bonchev–Trinajstić information content (AvgIpc) is 2.60. The number of ether oxygens (including phenoxy) is 1. The first-order valence-electron chi connectivity index (χ1n) is 7.67. The Morgan fingerprint density at radius 2 is 1.85 bits per heavy atom. The van der Waals surface area contributed by atoms with Gasteiger partial charge >= 0.3 is 154 Å². The number of alkyl halides is 3. The van der Waals surface area contributed by atoms with Gasteiger partial charge in [0.1, 0.15) is 0 Å². The van der Waals surface area contributed by atoms with Crippen LogP contribution in [0.15, 0.2) is 42.5 Å². The van der Waals surface area contributed by atoms with Crippen LogP contribution in [-0.4, -0.2) is 31.4 Å². The minimum atomic E-state index is -4.54. The van der Waals surface area contributed by atoms with Crippen LogP contribution in [-0.2, 0) is 17.6 Å². The number of rotatable bonds is 7. The topological polar surface area (TPSA) is 63.6 Å². The first-order chi connectivity index (χ1) is 12.2. The van der Waals surface area contributed by atoms with Crippen molar-refractivity contribution in [3.05, 3.63) is 59.2 Å². The zero-order valence-corrected chi connectivity index (χ0v) is 15.9. The van der Waals surface area contributed by atoms with Crippen molar-refractivity contribution in [2.75, 3.05) is 0 Å². The van der Waals surface area contributed by atoms with Crippen LogP contribution >= 0.6 is 0 Å². The number of benzene rings is 2. The first-order valence-corrected chi connectivity index (χ1v) is 9.77. The van der Waals surface area contributed by atoms with Gasteiger partial charge in [-0.15, -0.1) is 0 Å². The minimum absolute atomic E-state index is 0.00277. The number of carboxylic acids is 1. The molecule has 0 heterocycles. The second-order valence-corrected chi connectivity index (χ2v) is 8.19. The third-order valence-electron chi connectivity index (χ3n) is 3.50. The number of hydrogen-bond acceptors (Lipinski definition) is 3. The fraction of sp³-hybridized carbons (Fsp3) is 0.222. The molecule has 0 saturated carbocycles. The van der Waals surface area contributed by atoms with Crippen LogP contribution in [0.4, 0.5) is 13.2 Å². The molecule has 1 atom stereocenters. The molecule has 1 N–H and O–H groups in total. The maximum atomic E-state index is 13.0. The van der Waals surface area contributed by atoms with Gasteiger partial charge in [-0.3, -0.25) is 0 Å². The molecule has 0 fully saturated rings. The molecule has 0 amide bonds. The van der Waals surface area contributed by atoms with E-state index in [1.807, 2.05) is 0 Å². The van der Waals surface area contributed by atoms with E-state index in [0.29, 0.717) is 16.3 Å². The number of halogens is 3. The van der Waals surface area contributed by atoms with E-state index in [-0.39, 0.29) is 22.5 Å². The normalized spacial score (nSPS) is 11.7. The van der Waals surface area contributed by atoms with E-state index in [4.69, 9.17) is 4.74 Å². The van der Waals surface area contributed by atoms with Crippen LogP contribution in [0.1, 0.15) is 34.8 Å². The van der Waals surface area contributed by atoms with Gasteiger partial charge < -0.3 is 0 Å². The summed E-state index contributed by atoms with van der Waals surface area (Å²) in [5, 5.41) is 9.33. The summed E-state index contributed by atoms with van der Waals surface area (Å²) in [6.45, 7) is 1.50. The molecule has 2 rings (SSSR count). The van der Waals surface area contributed by atoms with Crippen molar-refractivity contribution < 1.29 is 32.6 Å². The van der Waals surface area contributed by atoms with Gasteiger partial charge in [-0.1, -0.05) is 0 Å². The van der Waals surface area contributed by atoms with E-state index in [1.165, 1.54) is 24.3 Å². The summed E-state index contributed by atoms with van der Waals surface area (Å²) in [6, 6.07) is 9.29. The number of carbonyl (C=O) groups excluding carboxylic acids is 1. The second-order valence-electron chi connectivity index (χ2n) is 5.37. The SMILES string of the molecule is CCC(=O)[AsH]c1ccc(COc2ccccc2C(F)(F)F)cc1C(=O)O. The molecular weight excluding hydrogens is 412 g/mol. The summed E-state index contributed by atoms with van der Waals surface area (Å²) >= 11 is -1.24. The van der Waals surface area contributed by atoms with Crippen LogP contribution in [0.5, 0.6) is 5.75 Å². The van der Waals surface area contributed by atoms with Gasteiger partial charge in [-0.2, -0.15) is 0 Å². The zero-order valence-electron chi connectivity index (χ0n) is 13.8. The predicted octanol–water partition coefficient (Wildman–Crippen LogP) is 2.98. The Morgan fingerprint density at radius 3 is 2.46 bits per heavy atom. The van der Waals surface area contributed by atoms with Crippen molar-refractivity contribution in [3.63, 3.8) is 0 Å². The van der Waals surface area contributed by atoms with Crippen molar-refractivity contribution in [1.82, 2.24) is 0 Å². The van der Waals surface area contributed by atoms with E-state index in [1.54, 1.807) is 19.1 Å². The summed E-state index contributed by atoms with van der Waals surface area (Å²) in [7, 11) is 0. The Hall–Kier alpha value is -2.27. The molecule has 4 nitrogen and oxygen atoms in total. The van der Waals surface area contributed by atoms with Crippen LogP contribution < -0.4 is 9.09 Å². The number of para-hydroxylation sites is 1. The Kier molecular flexibility index (Phi) is 6.48. The maximum absolute atomic E-state index is 13.0. The van der Waals surface area contributed by atoms with Crippen molar-refractivity contribution in [2.24, 2.45) is 0 Å². The van der Waals surface area contributed by atoms with E-state index in [0.717, 1.165) is 6.07 Å². The molecule has 0 aliphatic rings. The molecule has 0 saturated heterocycles. The Labute approximate surface area is 154 Å². The fourth-order valence-electron chi connectivity index (χ4n) is 2.19. The van der Waals surface area contributed by atoms with Crippen molar-refractivity contribution in [1.29, 1.82) is 0 Å². The third-order valence-corrected chi connectivity index (χ3v) is 6.30. The van der Waals surface area contributed by atoms with Crippen LogP contribution in [0.25, 0.3) is 0 Å². The molecule has 8 heteroatoms. The number of aromatic carboxylic acids is 1. The van der Waals surface area contributed by atoms with Gasteiger partial charge in [0, 0.05) is 0 Å². The van der Waals surface area contributed by atoms with E-state index in [9.17, 15) is 27.9 Å². The standard InChI is InChI=1S/C18H16AsF3O4/c1-2-16(23)19-14-8-7-11(9-12(14)17(24)25)10-26-15-6-4-3-5-13(15)18(20,21)22/h3-9,19H,2,10H2,1H3,(H,24,25). The van der Waals surface area contributed by atoms with Crippen molar-refractivity contribution in [3.8, 4) is 5.75 Å². The van der Waals surface area contributed by atoms with Crippen LogP contribution in [0.2, 0.25) is 0 Å². The summed E-state index contributed by atoms with van der Waals surface area (Å²) in [4.78, 5) is 23.0. The van der Waals surface area contributed by atoms with Crippen molar-refractivity contribution in [2.45, 2.75) is 26.1 Å². The number of carboxylic acid groups (broad SMARTS) is 1. The molecule has 26 heavy (non-hydrogen) atoms. The summed E-state index contributed by atoms with van der Waals surface area (Å²) in [5.41, 5.74) is -0.481. The quantitative estimate of drug-likeness (QED) is 0.689. The van der Waals surface area contributed by atoms with Gasteiger partial charge in [-0.25, -0.2) is 0 Å². The molecule has 2 aromatic rings. The molecule has 0 radical (unpaired) electrons. The third kappa shape index (κ3) is 5.11. The molecule has 0 aromatic heterocycles. The molecule has 0 bridgehead atoms. The molecule has 0 spiro atoms. The molecule has 2 aromatic carbocycles. The summed E-state index contributed by atoms with van der Waals surface area (Å²) < 4.78 is 44.7. The number of hydrogen-bond donors (Lipinski definition) is 1. The van der Waals surface area contributed by atoms with E-state index in [2.05, 4.69) is 0 Å². The first kappa shape index (κ1) is 20.0. The summed E-state index contributed by atoms with van der Waals surface area (Å²) in [5.74, 6) is -1.50. The second kappa shape index (κ2) is 8.41. The van der Waals surface area contributed by atoms with Crippen LogP contribution in [0.3, 0.4) is 0 Å².